The third-order valence-electron chi connectivity index (χ3n) is 3.56. The van der Waals surface area contributed by atoms with Gasteiger partial charge in [-0.2, -0.15) is 0 Å². The topological polar surface area (TPSA) is 55.4 Å². The van der Waals surface area contributed by atoms with Crippen molar-refractivity contribution in [3.05, 3.63) is 23.9 Å². The van der Waals surface area contributed by atoms with Gasteiger partial charge in [0, 0.05) is 12.8 Å². The third-order valence-corrected chi connectivity index (χ3v) is 3.56. The Morgan fingerprint density at radius 1 is 1.29 bits per heavy atom. The Morgan fingerprint density at radius 2 is 1.90 bits per heavy atom. The lowest BCUT2D eigenvalue weighted by Gasteiger charge is -2.29. The molecule has 0 bridgehead atoms. The normalized spacial score (nSPS) is 17.8. The maximum Gasteiger partial charge on any atom is 0.168 e. The second-order valence-electron chi connectivity index (χ2n) is 6.38. The number of hydrogen-bond donors (Lipinski definition) is 1. The SMILES string of the molecule is C=CCONC(CCCCC)=C1C(=O)CC(C)(C)CC1=O. The summed E-state index contributed by atoms with van der Waals surface area (Å²) in [5.41, 5.74) is 3.51. The smallest absolute Gasteiger partial charge is 0.168 e. The largest absolute Gasteiger partial charge is 0.294 e. The van der Waals surface area contributed by atoms with E-state index in [0.717, 1.165) is 19.3 Å². The molecule has 0 aromatic heterocycles. The first-order chi connectivity index (χ1) is 9.91. The molecular weight excluding hydrogens is 266 g/mol. The fourth-order valence-electron chi connectivity index (χ4n) is 2.57. The molecule has 1 saturated carbocycles. The number of hydroxylamine groups is 1. The van der Waals surface area contributed by atoms with Gasteiger partial charge in [0.15, 0.2) is 11.6 Å². The predicted octanol–water partition coefficient (Wildman–Crippen LogP) is 3.49. The van der Waals surface area contributed by atoms with Gasteiger partial charge in [-0.25, -0.2) is 0 Å². The summed E-state index contributed by atoms with van der Waals surface area (Å²) in [5, 5.41) is 0. The van der Waals surface area contributed by atoms with Crippen LogP contribution in [0.2, 0.25) is 0 Å². The van der Waals surface area contributed by atoms with Crippen molar-refractivity contribution in [3.63, 3.8) is 0 Å². The molecule has 1 aliphatic carbocycles. The van der Waals surface area contributed by atoms with Crippen LogP contribution in [0.3, 0.4) is 0 Å². The molecule has 4 heteroatoms. The van der Waals surface area contributed by atoms with E-state index in [4.69, 9.17) is 4.84 Å². The maximum atomic E-state index is 12.3. The van der Waals surface area contributed by atoms with Crippen LogP contribution in [-0.2, 0) is 14.4 Å². The number of nitrogens with one attached hydrogen (secondary N) is 1. The summed E-state index contributed by atoms with van der Waals surface area (Å²) >= 11 is 0. The first kappa shape index (κ1) is 17.6. The highest BCUT2D eigenvalue weighted by atomic mass is 16.6. The van der Waals surface area contributed by atoms with Gasteiger partial charge in [-0.1, -0.05) is 39.7 Å². The summed E-state index contributed by atoms with van der Waals surface area (Å²) < 4.78 is 0. The number of allylic oxidation sites excluding steroid dienone is 2. The summed E-state index contributed by atoms with van der Waals surface area (Å²) in [7, 11) is 0. The molecule has 1 aliphatic rings. The molecule has 0 aliphatic heterocycles. The van der Waals surface area contributed by atoms with Gasteiger partial charge < -0.3 is 0 Å². The van der Waals surface area contributed by atoms with Gasteiger partial charge in [-0.05, 0) is 18.3 Å². The van der Waals surface area contributed by atoms with Crippen LogP contribution < -0.4 is 5.48 Å². The number of unbranched alkanes of at least 4 members (excludes halogenated alkanes) is 2. The summed E-state index contributed by atoms with van der Waals surface area (Å²) in [4.78, 5) is 29.9. The summed E-state index contributed by atoms with van der Waals surface area (Å²) in [6.07, 6.45) is 6.19. The average molecular weight is 293 g/mol. The molecule has 21 heavy (non-hydrogen) atoms. The molecule has 1 N–H and O–H groups in total. The van der Waals surface area contributed by atoms with Crippen molar-refractivity contribution in [2.75, 3.05) is 6.61 Å². The Bertz CT molecular complexity index is 413. The zero-order valence-corrected chi connectivity index (χ0v) is 13.5. The van der Waals surface area contributed by atoms with Crippen molar-refractivity contribution in [2.45, 2.75) is 59.3 Å². The van der Waals surface area contributed by atoms with E-state index in [-0.39, 0.29) is 17.0 Å². The lowest BCUT2D eigenvalue weighted by molar-refractivity contribution is -0.127. The molecule has 1 rings (SSSR count). The van der Waals surface area contributed by atoms with Crippen LogP contribution in [0.1, 0.15) is 59.3 Å². The fourth-order valence-corrected chi connectivity index (χ4v) is 2.57. The predicted molar refractivity (Wildman–Crippen MR) is 83.5 cm³/mol. The summed E-state index contributed by atoms with van der Waals surface area (Å²) in [5.74, 6) is -0.144. The number of rotatable bonds is 8. The Balaban J connectivity index is 2.92. The highest BCUT2D eigenvalue weighted by Gasteiger charge is 2.37. The van der Waals surface area contributed by atoms with E-state index in [1.807, 2.05) is 13.8 Å². The Morgan fingerprint density at radius 3 is 2.43 bits per heavy atom. The molecule has 1 fully saturated rings. The zero-order chi connectivity index (χ0) is 15.9. The lowest BCUT2D eigenvalue weighted by atomic mass is 9.73. The Hall–Kier alpha value is -1.42. The Kier molecular flexibility index (Phi) is 6.82. The van der Waals surface area contributed by atoms with Crippen LogP contribution in [0.5, 0.6) is 0 Å². The van der Waals surface area contributed by atoms with Gasteiger partial charge in [0.2, 0.25) is 0 Å². The van der Waals surface area contributed by atoms with E-state index in [9.17, 15) is 9.59 Å². The molecule has 0 amide bonds. The van der Waals surface area contributed by atoms with Gasteiger partial charge >= 0.3 is 0 Å². The fraction of sp³-hybridized carbons (Fsp3) is 0.647. The molecule has 4 nitrogen and oxygen atoms in total. The van der Waals surface area contributed by atoms with E-state index in [1.165, 1.54) is 0 Å². The van der Waals surface area contributed by atoms with Crippen LogP contribution in [0.4, 0.5) is 0 Å². The maximum absolute atomic E-state index is 12.3. The van der Waals surface area contributed by atoms with Crippen molar-refractivity contribution in [1.29, 1.82) is 0 Å². The Labute approximate surface area is 127 Å². The van der Waals surface area contributed by atoms with Crippen molar-refractivity contribution < 1.29 is 14.4 Å². The van der Waals surface area contributed by atoms with Gasteiger partial charge in [-0.15, -0.1) is 6.58 Å². The molecule has 0 unspecified atom stereocenters. The summed E-state index contributed by atoms with van der Waals surface area (Å²) in [6.45, 7) is 9.94. The first-order valence-corrected chi connectivity index (χ1v) is 7.69. The monoisotopic (exact) mass is 293 g/mol. The molecule has 0 aromatic rings. The molecule has 0 radical (unpaired) electrons. The minimum atomic E-state index is -0.242. The molecule has 0 atom stereocenters. The third kappa shape index (κ3) is 5.46. The first-order valence-electron chi connectivity index (χ1n) is 7.69. The van der Waals surface area contributed by atoms with E-state index in [1.54, 1.807) is 6.08 Å². The van der Waals surface area contributed by atoms with Gasteiger partial charge in [0.05, 0.1) is 17.9 Å². The minimum Gasteiger partial charge on any atom is -0.294 e. The number of hydrogen-bond acceptors (Lipinski definition) is 4. The highest BCUT2D eigenvalue weighted by molar-refractivity contribution is 6.22. The molecule has 0 aromatic carbocycles. The second kappa shape index (κ2) is 8.13. The van der Waals surface area contributed by atoms with Crippen molar-refractivity contribution in [1.82, 2.24) is 5.48 Å². The molecular formula is C17H27NO3. The van der Waals surface area contributed by atoms with E-state index in [0.29, 0.717) is 37.1 Å². The van der Waals surface area contributed by atoms with Crippen molar-refractivity contribution >= 4 is 11.6 Å². The molecule has 0 spiro atoms. The van der Waals surface area contributed by atoms with E-state index < -0.39 is 0 Å². The van der Waals surface area contributed by atoms with Crippen LogP contribution in [0.15, 0.2) is 23.9 Å². The highest BCUT2D eigenvalue weighted by Crippen LogP contribution is 2.35. The van der Waals surface area contributed by atoms with Gasteiger partial charge in [-0.3, -0.25) is 19.9 Å². The number of carbonyl (C=O) groups excluding carboxylic acids is 2. The molecule has 0 heterocycles. The lowest BCUT2D eigenvalue weighted by Crippen LogP contribution is -2.34. The van der Waals surface area contributed by atoms with Crippen molar-refractivity contribution in [2.24, 2.45) is 5.41 Å². The molecule has 118 valence electrons. The minimum absolute atomic E-state index is 0.0718. The van der Waals surface area contributed by atoms with Crippen LogP contribution >= 0.6 is 0 Å². The standard InChI is InChI=1S/C17H27NO3/c1-5-7-8-9-13(18-21-10-6-2)16-14(19)11-17(3,4)12-15(16)20/h6,18H,2,5,7-12H2,1,3-4H3. The molecule has 0 saturated heterocycles. The van der Waals surface area contributed by atoms with Crippen LogP contribution in [-0.4, -0.2) is 18.2 Å². The van der Waals surface area contributed by atoms with Crippen molar-refractivity contribution in [3.8, 4) is 0 Å². The number of carbonyl (C=O) groups is 2. The summed E-state index contributed by atoms with van der Waals surface area (Å²) in [6, 6.07) is 0. The zero-order valence-electron chi connectivity index (χ0n) is 13.5. The van der Waals surface area contributed by atoms with Gasteiger partial charge in [0.1, 0.15) is 0 Å². The number of ketones is 2. The second-order valence-corrected chi connectivity index (χ2v) is 6.38. The van der Waals surface area contributed by atoms with E-state index >= 15 is 0 Å². The quantitative estimate of drug-likeness (QED) is 0.245. The average Bonchev–Trinajstić information content (AvgIpc) is 2.36. The van der Waals surface area contributed by atoms with Gasteiger partial charge in [0.25, 0.3) is 0 Å². The van der Waals surface area contributed by atoms with Crippen LogP contribution in [0, 0.1) is 5.41 Å². The number of Topliss-reactive ketones (excluding diaryl/α,β-unsaturated/α-hetero) is 2. The van der Waals surface area contributed by atoms with Crippen LogP contribution in [0.25, 0.3) is 0 Å². The van der Waals surface area contributed by atoms with E-state index in [2.05, 4.69) is 19.0 Å².